The van der Waals surface area contributed by atoms with E-state index < -0.39 is 0 Å². The van der Waals surface area contributed by atoms with Gasteiger partial charge in [0.1, 0.15) is 0 Å². The normalized spacial score (nSPS) is 12.1. The smallest absolute Gasteiger partial charge is 0.226 e. The van der Waals surface area contributed by atoms with E-state index in [2.05, 4.69) is 10.4 Å². The number of nitrogens with one attached hydrogen (secondary N) is 1. The predicted octanol–water partition coefficient (Wildman–Crippen LogP) is 3.13. The van der Waals surface area contributed by atoms with Crippen LogP contribution >= 0.6 is 11.6 Å². The fourth-order valence-electron chi connectivity index (χ4n) is 1.65. The summed E-state index contributed by atoms with van der Waals surface area (Å²) >= 11 is 5.78. The number of amides is 1. The molecule has 1 atom stereocenters. The second-order valence-electron chi connectivity index (χ2n) is 4.09. The van der Waals surface area contributed by atoms with E-state index in [0.29, 0.717) is 11.4 Å². The second-order valence-corrected chi connectivity index (χ2v) is 4.53. The van der Waals surface area contributed by atoms with Gasteiger partial charge in [-0.05, 0) is 37.3 Å². The first-order valence-corrected chi connectivity index (χ1v) is 6.07. The Morgan fingerprint density at radius 1 is 1.44 bits per heavy atom. The molecule has 94 valence electrons. The lowest BCUT2D eigenvalue weighted by Crippen LogP contribution is -2.17. The molecular formula is C13H14ClN3O. The van der Waals surface area contributed by atoms with E-state index in [0.717, 1.165) is 5.69 Å². The van der Waals surface area contributed by atoms with Crippen molar-refractivity contribution in [3.05, 3.63) is 47.7 Å². The minimum Gasteiger partial charge on any atom is -0.326 e. The molecule has 1 heterocycles. The summed E-state index contributed by atoms with van der Waals surface area (Å²) in [5.41, 5.74) is 0.747. The van der Waals surface area contributed by atoms with Crippen molar-refractivity contribution in [2.24, 2.45) is 0 Å². The minimum absolute atomic E-state index is 0.0345. The Kier molecular flexibility index (Phi) is 3.99. The van der Waals surface area contributed by atoms with Crippen LogP contribution in [0.5, 0.6) is 0 Å². The van der Waals surface area contributed by atoms with Crippen molar-refractivity contribution in [1.29, 1.82) is 0 Å². The summed E-state index contributed by atoms with van der Waals surface area (Å²) in [5.74, 6) is -0.0414. The topological polar surface area (TPSA) is 46.9 Å². The van der Waals surface area contributed by atoms with Gasteiger partial charge in [0.25, 0.3) is 0 Å². The summed E-state index contributed by atoms with van der Waals surface area (Å²) in [6.45, 7) is 1.95. The number of rotatable bonds is 4. The Hall–Kier alpha value is -1.81. The van der Waals surface area contributed by atoms with Gasteiger partial charge in [-0.3, -0.25) is 9.48 Å². The van der Waals surface area contributed by atoms with Crippen molar-refractivity contribution in [2.75, 3.05) is 5.32 Å². The maximum absolute atomic E-state index is 11.8. The van der Waals surface area contributed by atoms with Gasteiger partial charge in [-0.2, -0.15) is 5.10 Å². The third-order valence-electron chi connectivity index (χ3n) is 2.59. The lowest BCUT2D eigenvalue weighted by Gasteiger charge is -2.12. The number of carbonyl (C=O) groups is 1. The Balaban J connectivity index is 1.91. The maximum Gasteiger partial charge on any atom is 0.226 e. The molecule has 0 radical (unpaired) electrons. The van der Waals surface area contributed by atoms with Gasteiger partial charge in [-0.15, -0.1) is 0 Å². The molecule has 18 heavy (non-hydrogen) atoms. The van der Waals surface area contributed by atoms with E-state index >= 15 is 0 Å². The molecule has 1 aromatic carbocycles. The lowest BCUT2D eigenvalue weighted by atomic mass is 10.2. The van der Waals surface area contributed by atoms with E-state index in [1.165, 1.54) is 0 Å². The van der Waals surface area contributed by atoms with Crippen molar-refractivity contribution in [3.63, 3.8) is 0 Å². The molecule has 0 aliphatic carbocycles. The standard InChI is InChI=1S/C13H14ClN3O/c1-10(17-8-2-7-15-17)9-13(18)16-12-5-3-11(14)4-6-12/h2-8,10H,9H2,1H3,(H,16,18)/t10-/m0/s1. The number of carbonyl (C=O) groups excluding carboxylic acids is 1. The maximum atomic E-state index is 11.8. The number of benzene rings is 1. The van der Waals surface area contributed by atoms with Crippen LogP contribution in [0.15, 0.2) is 42.7 Å². The van der Waals surface area contributed by atoms with Crippen molar-refractivity contribution in [3.8, 4) is 0 Å². The first kappa shape index (κ1) is 12.6. The first-order chi connectivity index (χ1) is 8.65. The predicted molar refractivity (Wildman–Crippen MR) is 71.6 cm³/mol. The van der Waals surface area contributed by atoms with Crippen LogP contribution in [0.1, 0.15) is 19.4 Å². The van der Waals surface area contributed by atoms with Crippen LogP contribution in [0.3, 0.4) is 0 Å². The summed E-state index contributed by atoms with van der Waals surface area (Å²) in [4.78, 5) is 11.8. The Bertz CT molecular complexity index is 508. The molecule has 2 aromatic rings. The van der Waals surface area contributed by atoms with Gasteiger partial charge in [0.15, 0.2) is 0 Å². The molecular weight excluding hydrogens is 250 g/mol. The first-order valence-electron chi connectivity index (χ1n) is 5.69. The number of halogens is 1. The summed E-state index contributed by atoms with van der Waals surface area (Å²) in [5, 5.41) is 7.58. The molecule has 5 heteroatoms. The van der Waals surface area contributed by atoms with Gasteiger partial charge in [0.05, 0.1) is 6.04 Å². The molecule has 1 aromatic heterocycles. The quantitative estimate of drug-likeness (QED) is 0.921. The molecule has 1 amide bonds. The summed E-state index contributed by atoms with van der Waals surface area (Å²) in [6.07, 6.45) is 3.93. The lowest BCUT2D eigenvalue weighted by molar-refractivity contribution is -0.116. The number of hydrogen-bond donors (Lipinski definition) is 1. The fourth-order valence-corrected chi connectivity index (χ4v) is 1.77. The highest BCUT2D eigenvalue weighted by Gasteiger charge is 2.10. The van der Waals surface area contributed by atoms with Gasteiger partial charge < -0.3 is 5.32 Å². The number of hydrogen-bond acceptors (Lipinski definition) is 2. The molecule has 0 bridgehead atoms. The zero-order valence-corrected chi connectivity index (χ0v) is 10.8. The molecule has 0 spiro atoms. The second kappa shape index (κ2) is 5.69. The molecule has 0 unspecified atom stereocenters. The van der Waals surface area contributed by atoms with E-state index in [-0.39, 0.29) is 11.9 Å². The molecule has 0 saturated carbocycles. The summed E-state index contributed by atoms with van der Waals surface area (Å²) in [6, 6.07) is 8.92. The highest BCUT2D eigenvalue weighted by molar-refractivity contribution is 6.30. The van der Waals surface area contributed by atoms with Crippen molar-refractivity contribution in [2.45, 2.75) is 19.4 Å². The number of nitrogens with zero attached hydrogens (tertiary/aromatic N) is 2. The van der Waals surface area contributed by atoms with Crippen LogP contribution in [-0.4, -0.2) is 15.7 Å². The molecule has 4 nitrogen and oxygen atoms in total. The van der Waals surface area contributed by atoms with Gasteiger partial charge in [0.2, 0.25) is 5.91 Å². The van der Waals surface area contributed by atoms with Crippen molar-refractivity contribution >= 4 is 23.2 Å². The Morgan fingerprint density at radius 3 is 2.78 bits per heavy atom. The molecule has 1 N–H and O–H groups in total. The third-order valence-corrected chi connectivity index (χ3v) is 2.84. The highest BCUT2D eigenvalue weighted by Crippen LogP contribution is 2.15. The minimum atomic E-state index is -0.0414. The Labute approximate surface area is 111 Å². The third kappa shape index (κ3) is 3.34. The van der Waals surface area contributed by atoms with Gasteiger partial charge in [0, 0.05) is 29.5 Å². The average molecular weight is 264 g/mol. The van der Waals surface area contributed by atoms with Crippen LogP contribution in [0.25, 0.3) is 0 Å². The molecule has 0 aliphatic rings. The van der Waals surface area contributed by atoms with E-state index in [1.54, 1.807) is 35.1 Å². The monoisotopic (exact) mass is 263 g/mol. The van der Waals surface area contributed by atoms with Crippen LogP contribution in [0.2, 0.25) is 5.02 Å². The SMILES string of the molecule is C[C@@H](CC(=O)Nc1ccc(Cl)cc1)n1cccn1. The van der Waals surface area contributed by atoms with Crippen molar-refractivity contribution < 1.29 is 4.79 Å². The molecule has 0 aliphatic heterocycles. The molecule has 0 fully saturated rings. The van der Waals surface area contributed by atoms with E-state index in [9.17, 15) is 4.79 Å². The number of anilines is 1. The molecule has 0 saturated heterocycles. The van der Waals surface area contributed by atoms with Crippen LogP contribution in [0.4, 0.5) is 5.69 Å². The van der Waals surface area contributed by atoms with Crippen LogP contribution < -0.4 is 5.32 Å². The van der Waals surface area contributed by atoms with Gasteiger partial charge in [-0.25, -0.2) is 0 Å². The zero-order valence-electron chi connectivity index (χ0n) is 10.0. The fraction of sp³-hybridized carbons (Fsp3) is 0.231. The van der Waals surface area contributed by atoms with Crippen LogP contribution in [0, 0.1) is 0 Å². The zero-order chi connectivity index (χ0) is 13.0. The highest BCUT2D eigenvalue weighted by atomic mass is 35.5. The van der Waals surface area contributed by atoms with E-state index in [4.69, 9.17) is 11.6 Å². The van der Waals surface area contributed by atoms with Gasteiger partial charge >= 0.3 is 0 Å². The van der Waals surface area contributed by atoms with Crippen molar-refractivity contribution in [1.82, 2.24) is 9.78 Å². The molecule has 2 rings (SSSR count). The van der Waals surface area contributed by atoms with E-state index in [1.807, 2.05) is 19.2 Å². The summed E-state index contributed by atoms with van der Waals surface area (Å²) < 4.78 is 1.77. The largest absolute Gasteiger partial charge is 0.326 e. The average Bonchev–Trinajstić information content (AvgIpc) is 2.85. The number of aromatic nitrogens is 2. The van der Waals surface area contributed by atoms with Crippen LogP contribution in [-0.2, 0) is 4.79 Å². The Morgan fingerprint density at radius 2 is 2.17 bits per heavy atom. The summed E-state index contributed by atoms with van der Waals surface area (Å²) in [7, 11) is 0. The van der Waals surface area contributed by atoms with Gasteiger partial charge in [-0.1, -0.05) is 11.6 Å².